The summed E-state index contributed by atoms with van der Waals surface area (Å²) in [5.74, 6) is -0.672. The molecule has 11 heteroatoms. The van der Waals surface area contributed by atoms with Crippen LogP contribution in [0.3, 0.4) is 0 Å². The van der Waals surface area contributed by atoms with Crippen LogP contribution in [-0.2, 0) is 35.2 Å². The summed E-state index contributed by atoms with van der Waals surface area (Å²) in [7, 11) is 1.84. The molecule has 2 heterocycles. The van der Waals surface area contributed by atoms with E-state index in [1.165, 1.54) is 0 Å². The number of esters is 1. The molecule has 0 aliphatic carbocycles. The number of hydrogen-bond acceptors (Lipinski definition) is 11. The lowest BCUT2D eigenvalue weighted by molar-refractivity contribution is -0.152. The number of Topliss-reactive ketones (excluding diaryl/α,β-unsaturated/α-hetero) is 1. The van der Waals surface area contributed by atoms with Crippen molar-refractivity contribution >= 4 is 34.6 Å². The Balaban J connectivity index is 1.99. The van der Waals surface area contributed by atoms with Crippen molar-refractivity contribution < 1.29 is 28.6 Å². The van der Waals surface area contributed by atoms with Crippen LogP contribution in [0, 0.1) is 17.8 Å². The van der Waals surface area contributed by atoms with Crippen LogP contribution in [0.1, 0.15) is 73.9 Å². The predicted molar refractivity (Wildman–Crippen MR) is 167 cm³/mol. The van der Waals surface area contributed by atoms with Crippen LogP contribution in [0.2, 0.25) is 0 Å². The summed E-state index contributed by atoms with van der Waals surface area (Å²) in [6.07, 6.45) is 2.94. The van der Waals surface area contributed by atoms with Gasteiger partial charge in [-0.2, -0.15) is 0 Å². The molecule has 0 saturated carbocycles. The first-order valence-electron chi connectivity index (χ1n) is 14.6. The number of nitrogens with zero attached hydrogens (tertiary/aromatic N) is 3. The number of aromatic nitrogens is 2. The SMILES string of the molecule is CCCOC(=O)C(C)C(=O)C(C)CC(C)(C)OC/C(COC(C)C(C)C)=N/OCc1ccc(-c2nc(NC)cs2)cn1. The highest BCUT2D eigenvalue weighted by Crippen LogP contribution is 2.26. The van der Waals surface area contributed by atoms with Crippen LogP contribution in [0.25, 0.3) is 10.6 Å². The van der Waals surface area contributed by atoms with Gasteiger partial charge in [0.1, 0.15) is 28.2 Å². The Labute approximate surface area is 254 Å². The Kier molecular flexibility index (Phi) is 14.5. The molecule has 0 amide bonds. The maximum Gasteiger partial charge on any atom is 0.316 e. The van der Waals surface area contributed by atoms with Crippen molar-refractivity contribution in [1.82, 2.24) is 9.97 Å². The van der Waals surface area contributed by atoms with Gasteiger partial charge in [0.05, 0.1) is 37.2 Å². The summed E-state index contributed by atoms with van der Waals surface area (Å²) in [6.45, 7) is 16.3. The fourth-order valence-electron chi connectivity index (χ4n) is 3.91. The van der Waals surface area contributed by atoms with Gasteiger partial charge in [0, 0.05) is 30.1 Å². The highest BCUT2D eigenvalue weighted by atomic mass is 32.1. The van der Waals surface area contributed by atoms with Crippen LogP contribution in [-0.4, -0.2) is 66.0 Å². The molecule has 42 heavy (non-hydrogen) atoms. The highest BCUT2D eigenvalue weighted by molar-refractivity contribution is 7.13. The quantitative estimate of drug-likeness (QED) is 0.0869. The van der Waals surface area contributed by atoms with Gasteiger partial charge in [0.25, 0.3) is 0 Å². The lowest BCUT2D eigenvalue weighted by Gasteiger charge is -2.29. The van der Waals surface area contributed by atoms with E-state index in [-0.39, 0.29) is 37.6 Å². The van der Waals surface area contributed by atoms with Crippen LogP contribution >= 0.6 is 11.3 Å². The molecule has 0 saturated heterocycles. The zero-order chi connectivity index (χ0) is 31.3. The average Bonchev–Trinajstić information content (AvgIpc) is 3.45. The van der Waals surface area contributed by atoms with Crippen molar-refractivity contribution in [3.8, 4) is 10.6 Å². The summed E-state index contributed by atoms with van der Waals surface area (Å²) < 4.78 is 17.4. The van der Waals surface area contributed by atoms with Crippen molar-refractivity contribution in [3.63, 3.8) is 0 Å². The van der Waals surface area contributed by atoms with E-state index < -0.39 is 17.5 Å². The Morgan fingerprint density at radius 2 is 1.86 bits per heavy atom. The first-order chi connectivity index (χ1) is 19.9. The fraction of sp³-hybridized carbons (Fsp3) is 0.645. The molecule has 0 aliphatic heterocycles. The number of nitrogens with one attached hydrogen (secondary N) is 1. The predicted octanol–water partition coefficient (Wildman–Crippen LogP) is 6.16. The van der Waals surface area contributed by atoms with E-state index in [9.17, 15) is 9.59 Å². The van der Waals surface area contributed by atoms with Gasteiger partial charge in [-0.25, -0.2) is 4.98 Å². The summed E-state index contributed by atoms with van der Waals surface area (Å²) in [4.78, 5) is 39.7. The van der Waals surface area contributed by atoms with Crippen molar-refractivity contribution in [1.29, 1.82) is 0 Å². The Bertz CT molecular complexity index is 1150. The van der Waals surface area contributed by atoms with Crippen LogP contribution in [0.5, 0.6) is 0 Å². The number of ether oxygens (including phenoxy) is 3. The molecule has 2 rings (SSSR count). The highest BCUT2D eigenvalue weighted by Gasteiger charge is 2.32. The molecule has 1 N–H and O–H groups in total. The molecule has 2 aromatic rings. The molecule has 234 valence electrons. The summed E-state index contributed by atoms with van der Waals surface area (Å²) in [6, 6.07) is 3.85. The minimum Gasteiger partial charge on any atom is -0.465 e. The number of rotatable bonds is 19. The van der Waals surface area contributed by atoms with Crippen LogP contribution in [0.15, 0.2) is 28.9 Å². The molecule has 3 unspecified atom stereocenters. The van der Waals surface area contributed by atoms with Gasteiger partial charge in [-0.05, 0) is 58.6 Å². The summed E-state index contributed by atoms with van der Waals surface area (Å²) in [5.41, 5.74) is 1.59. The van der Waals surface area contributed by atoms with Crippen molar-refractivity contribution in [2.75, 3.05) is 32.2 Å². The number of carbonyl (C=O) groups excluding carboxylic acids is 2. The van der Waals surface area contributed by atoms with Crippen molar-refractivity contribution in [3.05, 3.63) is 29.4 Å². The largest absolute Gasteiger partial charge is 0.465 e. The lowest BCUT2D eigenvalue weighted by atomic mass is 9.86. The summed E-state index contributed by atoms with van der Waals surface area (Å²) >= 11 is 1.55. The van der Waals surface area contributed by atoms with Gasteiger partial charge in [-0.3, -0.25) is 14.6 Å². The number of hydrogen-bond donors (Lipinski definition) is 1. The number of carbonyl (C=O) groups is 2. The number of thiazole rings is 1. The maximum atomic E-state index is 12.9. The van der Waals surface area contributed by atoms with Gasteiger partial charge < -0.3 is 24.4 Å². The normalized spacial score (nSPS) is 14.4. The minimum absolute atomic E-state index is 0.0262. The Hall–Kier alpha value is -2.89. The minimum atomic E-state index is -0.811. The third kappa shape index (κ3) is 11.8. The molecule has 0 aliphatic rings. The number of pyridine rings is 1. The molecule has 0 aromatic carbocycles. The monoisotopic (exact) mass is 604 g/mol. The zero-order valence-electron chi connectivity index (χ0n) is 26.6. The second-order valence-electron chi connectivity index (χ2n) is 11.5. The molecule has 10 nitrogen and oxygen atoms in total. The van der Waals surface area contributed by atoms with Crippen LogP contribution < -0.4 is 5.32 Å². The molecule has 0 bridgehead atoms. The van der Waals surface area contributed by atoms with Crippen molar-refractivity contribution in [2.24, 2.45) is 22.9 Å². The van der Waals surface area contributed by atoms with E-state index in [0.717, 1.165) is 22.1 Å². The van der Waals surface area contributed by atoms with E-state index in [1.54, 1.807) is 24.5 Å². The van der Waals surface area contributed by atoms with Gasteiger partial charge in [0.15, 0.2) is 6.61 Å². The number of oxime groups is 1. The van der Waals surface area contributed by atoms with Gasteiger partial charge in [0.2, 0.25) is 0 Å². The second-order valence-corrected chi connectivity index (χ2v) is 12.3. The van der Waals surface area contributed by atoms with Gasteiger partial charge >= 0.3 is 5.97 Å². The van der Waals surface area contributed by atoms with Gasteiger partial charge in [-0.1, -0.05) is 32.9 Å². The van der Waals surface area contributed by atoms with Crippen molar-refractivity contribution in [2.45, 2.75) is 86.5 Å². The Morgan fingerprint density at radius 1 is 1.12 bits per heavy atom. The first kappa shape index (κ1) is 35.3. The molecule has 0 fully saturated rings. The molecule has 0 spiro atoms. The van der Waals surface area contributed by atoms with E-state index >= 15 is 0 Å². The molecular weight excluding hydrogens is 556 g/mol. The maximum absolute atomic E-state index is 12.9. The fourth-order valence-corrected chi connectivity index (χ4v) is 4.71. The molecular formula is C31H48N4O6S. The van der Waals surface area contributed by atoms with E-state index in [1.807, 2.05) is 59.2 Å². The Morgan fingerprint density at radius 3 is 2.45 bits per heavy atom. The summed E-state index contributed by atoms with van der Waals surface area (Å²) in [5, 5.41) is 10.2. The average molecular weight is 605 g/mol. The number of anilines is 1. The van der Waals surface area contributed by atoms with Gasteiger partial charge in [-0.15, -0.1) is 11.3 Å². The smallest absolute Gasteiger partial charge is 0.316 e. The van der Waals surface area contributed by atoms with Crippen LogP contribution in [0.4, 0.5) is 5.82 Å². The molecule has 0 radical (unpaired) electrons. The number of ketones is 1. The molecule has 2 aromatic heterocycles. The standard InChI is InChI=1S/C31H48N4O6S/c1-10-13-38-30(37)22(5)28(36)21(4)14-31(7,8)40-17-26(16-39-23(6)20(2)3)35-41-18-25-12-11-24(15-33-25)29-34-27(32-9)19-42-29/h11-12,15,19-23,32H,10,13-14,16-18H2,1-9H3/b35-26+. The third-order valence-electron chi connectivity index (χ3n) is 6.83. The van der Waals surface area contributed by atoms with E-state index in [0.29, 0.717) is 31.1 Å². The third-order valence-corrected chi connectivity index (χ3v) is 7.72. The van der Waals surface area contributed by atoms with E-state index in [2.05, 4.69) is 34.3 Å². The topological polar surface area (TPSA) is 121 Å². The molecule has 3 atom stereocenters. The van der Waals surface area contributed by atoms with E-state index in [4.69, 9.17) is 19.0 Å². The first-order valence-corrected chi connectivity index (χ1v) is 15.5. The zero-order valence-corrected chi connectivity index (χ0v) is 27.4. The lowest BCUT2D eigenvalue weighted by Crippen LogP contribution is -2.36. The second kappa shape index (κ2) is 17.3.